The first-order valence-corrected chi connectivity index (χ1v) is 7.36. The maximum Gasteiger partial charge on any atom is 0.269 e. The first-order chi connectivity index (χ1) is 9.40. The van der Waals surface area contributed by atoms with E-state index in [9.17, 15) is 18.5 Å². The molecule has 0 amide bonds. The highest BCUT2D eigenvalue weighted by Gasteiger charge is 2.19. The van der Waals surface area contributed by atoms with Crippen LogP contribution in [0.15, 0.2) is 53.4 Å². The molecule has 2 N–H and O–H groups in total. The molecule has 20 heavy (non-hydrogen) atoms. The molecule has 0 aliphatic heterocycles. The average molecular weight is 292 g/mol. The van der Waals surface area contributed by atoms with Crippen LogP contribution in [0.1, 0.15) is 5.56 Å². The van der Waals surface area contributed by atoms with E-state index in [0.717, 1.165) is 0 Å². The molecule has 0 aliphatic carbocycles. The van der Waals surface area contributed by atoms with Gasteiger partial charge in [0.25, 0.3) is 5.69 Å². The number of benzene rings is 2. The number of nitrogens with two attached hydrogens (primary N) is 1. The summed E-state index contributed by atoms with van der Waals surface area (Å²) in [6.45, 7) is 0. The molecule has 2 rings (SSSR count). The fraction of sp³-hybridized carbons (Fsp3) is 0.0769. The van der Waals surface area contributed by atoms with E-state index in [1.54, 1.807) is 12.1 Å². The van der Waals surface area contributed by atoms with Crippen molar-refractivity contribution < 1.29 is 13.3 Å². The Hall–Kier alpha value is -2.41. The SMILES string of the molecule is Nc1ccccc1S(=O)(=O)Cc1cccc([N+](=O)[O-])c1. The maximum absolute atomic E-state index is 12.3. The van der Waals surface area contributed by atoms with Gasteiger partial charge in [-0.25, -0.2) is 8.42 Å². The molecule has 0 fully saturated rings. The summed E-state index contributed by atoms with van der Waals surface area (Å²) in [5, 5.41) is 10.7. The van der Waals surface area contributed by atoms with E-state index >= 15 is 0 Å². The van der Waals surface area contributed by atoms with Crippen LogP contribution in [-0.2, 0) is 15.6 Å². The second-order valence-electron chi connectivity index (χ2n) is 4.22. The Kier molecular flexibility index (Phi) is 3.71. The monoisotopic (exact) mass is 292 g/mol. The van der Waals surface area contributed by atoms with Gasteiger partial charge in [-0.05, 0) is 17.7 Å². The van der Waals surface area contributed by atoms with Crippen LogP contribution >= 0.6 is 0 Å². The molecule has 104 valence electrons. The Bertz CT molecular complexity index is 756. The highest BCUT2D eigenvalue weighted by molar-refractivity contribution is 7.90. The number of nitro benzene ring substituents is 1. The van der Waals surface area contributed by atoms with Crippen molar-refractivity contribution in [2.45, 2.75) is 10.6 Å². The molecule has 0 bridgehead atoms. The van der Waals surface area contributed by atoms with Gasteiger partial charge in [-0.15, -0.1) is 0 Å². The molecular weight excluding hydrogens is 280 g/mol. The van der Waals surface area contributed by atoms with Crippen molar-refractivity contribution in [2.75, 3.05) is 5.73 Å². The lowest BCUT2D eigenvalue weighted by atomic mass is 10.2. The maximum atomic E-state index is 12.3. The number of para-hydroxylation sites is 1. The predicted octanol–water partition coefficient (Wildman–Crippen LogP) is 2.15. The molecule has 0 aromatic heterocycles. The molecule has 0 heterocycles. The van der Waals surface area contributed by atoms with Crippen molar-refractivity contribution in [1.29, 1.82) is 0 Å². The quantitative estimate of drug-likeness (QED) is 0.528. The molecule has 0 spiro atoms. The minimum absolute atomic E-state index is 0.0338. The number of nitrogen functional groups attached to an aromatic ring is 1. The van der Waals surface area contributed by atoms with Crippen molar-refractivity contribution in [1.82, 2.24) is 0 Å². The van der Waals surface area contributed by atoms with Gasteiger partial charge in [-0.1, -0.05) is 24.3 Å². The van der Waals surface area contributed by atoms with E-state index in [2.05, 4.69) is 0 Å². The smallest absolute Gasteiger partial charge is 0.269 e. The van der Waals surface area contributed by atoms with E-state index < -0.39 is 14.8 Å². The number of sulfone groups is 1. The molecule has 2 aromatic rings. The van der Waals surface area contributed by atoms with Gasteiger partial charge in [0.05, 0.1) is 21.3 Å². The van der Waals surface area contributed by atoms with Crippen molar-refractivity contribution in [3.05, 3.63) is 64.2 Å². The van der Waals surface area contributed by atoms with Gasteiger partial charge in [0.15, 0.2) is 9.84 Å². The van der Waals surface area contributed by atoms with Crippen LogP contribution in [0.25, 0.3) is 0 Å². The van der Waals surface area contributed by atoms with Crippen molar-refractivity contribution in [2.24, 2.45) is 0 Å². The summed E-state index contributed by atoms with van der Waals surface area (Å²) in [6.07, 6.45) is 0. The fourth-order valence-corrected chi connectivity index (χ4v) is 3.31. The van der Waals surface area contributed by atoms with Crippen LogP contribution in [0.3, 0.4) is 0 Å². The fourth-order valence-electron chi connectivity index (χ4n) is 1.82. The lowest BCUT2D eigenvalue weighted by Crippen LogP contribution is -2.08. The van der Waals surface area contributed by atoms with E-state index in [-0.39, 0.29) is 22.0 Å². The summed E-state index contributed by atoms with van der Waals surface area (Å²) in [5.41, 5.74) is 6.03. The Balaban J connectivity index is 2.36. The van der Waals surface area contributed by atoms with Gasteiger partial charge >= 0.3 is 0 Å². The van der Waals surface area contributed by atoms with Crippen molar-refractivity contribution in [3.63, 3.8) is 0 Å². The first kappa shape index (κ1) is 14.0. The topological polar surface area (TPSA) is 103 Å². The zero-order chi connectivity index (χ0) is 14.8. The van der Waals surface area contributed by atoms with Gasteiger partial charge in [-0.3, -0.25) is 10.1 Å². The lowest BCUT2D eigenvalue weighted by Gasteiger charge is -2.07. The summed E-state index contributed by atoms with van der Waals surface area (Å²) in [4.78, 5) is 10.2. The van der Waals surface area contributed by atoms with Crippen LogP contribution in [0.5, 0.6) is 0 Å². The van der Waals surface area contributed by atoms with Gasteiger partial charge in [0, 0.05) is 12.1 Å². The van der Waals surface area contributed by atoms with Gasteiger partial charge in [-0.2, -0.15) is 0 Å². The van der Waals surface area contributed by atoms with Gasteiger partial charge < -0.3 is 5.73 Å². The van der Waals surface area contributed by atoms with E-state index in [1.807, 2.05) is 0 Å². The number of anilines is 1. The zero-order valence-corrected chi connectivity index (χ0v) is 11.2. The average Bonchev–Trinajstić information content (AvgIpc) is 2.38. The number of hydrogen-bond acceptors (Lipinski definition) is 5. The Labute approximate surface area is 115 Å². The molecule has 0 saturated heterocycles. The third-order valence-electron chi connectivity index (χ3n) is 2.73. The van der Waals surface area contributed by atoms with Crippen LogP contribution in [0.4, 0.5) is 11.4 Å². The minimum Gasteiger partial charge on any atom is -0.398 e. The van der Waals surface area contributed by atoms with Crippen LogP contribution in [-0.4, -0.2) is 13.3 Å². The third-order valence-corrected chi connectivity index (χ3v) is 4.49. The van der Waals surface area contributed by atoms with Crippen LogP contribution in [0, 0.1) is 10.1 Å². The van der Waals surface area contributed by atoms with E-state index in [0.29, 0.717) is 5.56 Å². The van der Waals surface area contributed by atoms with Gasteiger partial charge in [0.1, 0.15) is 0 Å². The Morgan fingerprint density at radius 2 is 1.80 bits per heavy atom. The Morgan fingerprint density at radius 3 is 2.45 bits per heavy atom. The standard InChI is InChI=1S/C13H12N2O4S/c14-12-6-1-2-7-13(12)20(18,19)9-10-4-3-5-11(8-10)15(16)17/h1-8H,9,14H2. The van der Waals surface area contributed by atoms with Gasteiger partial charge in [0.2, 0.25) is 0 Å². The summed E-state index contributed by atoms with van der Waals surface area (Å²) in [5.74, 6) is -0.330. The number of non-ortho nitro benzene ring substituents is 1. The summed E-state index contributed by atoms with van der Waals surface area (Å²) in [6, 6.07) is 11.7. The van der Waals surface area contributed by atoms with Crippen LogP contribution in [0.2, 0.25) is 0 Å². The third kappa shape index (κ3) is 2.94. The van der Waals surface area contributed by atoms with E-state index in [1.165, 1.54) is 36.4 Å². The van der Waals surface area contributed by atoms with E-state index in [4.69, 9.17) is 5.73 Å². The largest absolute Gasteiger partial charge is 0.398 e. The molecular formula is C13H12N2O4S. The second-order valence-corrected chi connectivity index (χ2v) is 6.18. The minimum atomic E-state index is -3.63. The number of rotatable bonds is 4. The zero-order valence-electron chi connectivity index (χ0n) is 10.4. The van der Waals surface area contributed by atoms with Crippen molar-refractivity contribution in [3.8, 4) is 0 Å². The predicted molar refractivity (Wildman–Crippen MR) is 74.8 cm³/mol. The molecule has 0 aliphatic rings. The second kappa shape index (κ2) is 5.30. The molecule has 0 saturated carbocycles. The first-order valence-electron chi connectivity index (χ1n) is 5.71. The number of hydrogen-bond donors (Lipinski definition) is 1. The Morgan fingerprint density at radius 1 is 1.10 bits per heavy atom. The normalized spacial score (nSPS) is 11.2. The molecule has 7 heteroatoms. The summed E-state index contributed by atoms with van der Waals surface area (Å²) < 4.78 is 24.5. The molecule has 2 aromatic carbocycles. The highest BCUT2D eigenvalue weighted by atomic mass is 32.2. The number of nitro groups is 1. The summed E-state index contributed by atoms with van der Waals surface area (Å²) >= 11 is 0. The van der Waals surface area contributed by atoms with Crippen LogP contribution < -0.4 is 5.73 Å². The highest BCUT2D eigenvalue weighted by Crippen LogP contribution is 2.23. The molecule has 0 atom stereocenters. The summed E-state index contributed by atoms with van der Waals surface area (Å²) in [7, 11) is -3.63. The molecule has 6 nitrogen and oxygen atoms in total. The van der Waals surface area contributed by atoms with Crippen molar-refractivity contribution >= 4 is 21.2 Å². The number of nitrogens with zero attached hydrogens (tertiary/aromatic N) is 1. The molecule has 0 unspecified atom stereocenters. The lowest BCUT2D eigenvalue weighted by molar-refractivity contribution is -0.384. The molecule has 0 radical (unpaired) electrons.